The van der Waals surface area contributed by atoms with E-state index in [0.717, 1.165) is 64.2 Å². The monoisotopic (exact) mass is 492 g/mol. The smallest absolute Gasteiger partial charge is 0.332 e. The van der Waals surface area contributed by atoms with Crippen molar-refractivity contribution in [3.63, 3.8) is 0 Å². The Balaban J connectivity index is 2.33. The molecule has 0 bridgehead atoms. The Morgan fingerprint density at radius 2 is 1.77 bits per heavy atom. The lowest BCUT2D eigenvalue weighted by atomic mass is 9.87. The fourth-order valence-corrected chi connectivity index (χ4v) is 4.57. The number of ketones is 1. The molecule has 35 heavy (non-hydrogen) atoms. The molecule has 2 N–H and O–H groups in total. The highest BCUT2D eigenvalue weighted by Gasteiger charge is 2.39. The molecule has 6 heteroatoms. The van der Waals surface area contributed by atoms with Crippen LogP contribution in [0, 0.1) is 24.2 Å². The van der Waals surface area contributed by atoms with Crippen molar-refractivity contribution in [1.82, 2.24) is 0 Å². The molecule has 1 fully saturated rings. The van der Waals surface area contributed by atoms with Gasteiger partial charge in [0.1, 0.15) is 18.0 Å². The van der Waals surface area contributed by atoms with Crippen molar-refractivity contribution in [3.8, 4) is 12.3 Å². The van der Waals surface area contributed by atoms with Crippen LogP contribution in [0.1, 0.15) is 104 Å². The van der Waals surface area contributed by atoms with Crippen LogP contribution in [0.3, 0.4) is 0 Å². The van der Waals surface area contributed by atoms with E-state index in [0.29, 0.717) is 32.5 Å². The van der Waals surface area contributed by atoms with Gasteiger partial charge in [0, 0.05) is 31.3 Å². The minimum Gasteiger partial charge on any atom is -0.464 e. The fourth-order valence-electron chi connectivity index (χ4n) is 4.57. The molecule has 200 valence electrons. The molecule has 0 saturated heterocycles. The van der Waals surface area contributed by atoms with E-state index in [1.54, 1.807) is 0 Å². The van der Waals surface area contributed by atoms with Crippen LogP contribution >= 0.6 is 0 Å². The fraction of sp³-hybridized carbons (Fsp3) is 0.793. The second kappa shape index (κ2) is 18.6. The maximum Gasteiger partial charge on any atom is 0.332 e. The van der Waals surface area contributed by atoms with Gasteiger partial charge in [0.25, 0.3) is 0 Å². The first-order chi connectivity index (χ1) is 16.9. The van der Waals surface area contributed by atoms with Gasteiger partial charge >= 0.3 is 5.97 Å². The van der Waals surface area contributed by atoms with E-state index in [9.17, 15) is 19.8 Å². The highest BCUT2D eigenvalue weighted by molar-refractivity contribution is 5.84. The van der Waals surface area contributed by atoms with E-state index in [2.05, 4.69) is 19.8 Å². The van der Waals surface area contributed by atoms with Gasteiger partial charge in [0.2, 0.25) is 0 Å². The Labute approximate surface area is 212 Å². The van der Waals surface area contributed by atoms with Crippen molar-refractivity contribution in [2.24, 2.45) is 11.8 Å². The number of unbranched alkanes of at least 4 members (excludes halogenated alkanes) is 7. The van der Waals surface area contributed by atoms with Crippen LogP contribution in [-0.4, -0.2) is 53.5 Å². The first-order valence-electron chi connectivity index (χ1n) is 13.7. The third-order valence-electron chi connectivity index (χ3n) is 6.79. The molecule has 0 spiro atoms. The predicted octanol–water partition coefficient (Wildman–Crippen LogP) is 5.14. The van der Waals surface area contributed by atoms with E-state index < -0.39 is 11.7 Å². The summed E-state index contributed by atoms with van der Waals surface area (Å²) in [5.41, 5.74) is -1.18. The number of aliphatic hydroxyl groups excluding tert-OH is 1. The van der Waals surface area contributed by atoms with Gasteiger partial charge in [-0.3, -0.25) is 4.79 Å². The lowest BCUT2D eigenvalue weighted by Gasteiger charge is -2.21. The summed E-state index contributed by atoms with van der Waals surface area (Å²) in [6.45, 7) is 5.11. The summed E-state index contributed by atoms with van der Waals surface area (Å²) < 4.78 is 10.6. The summed E-state index contributed by atoms with van der Waals surface area (Å²) >= 11 is 0. The highest BCUT2D eigenvalue weighted by Crippen LogP contribution is 2.34. The number of carbonyl (C=O) groups excluding carboxylic acids is 2. The van der Waals surface area contributed by atoms with Crippen LogP contribution in [0.25, 0.3) is 0 Å². The standard InChI is InChI=1S/C29H48O6/c1-4-7-9-12-18-29(33,6-3)19-15-17-25-24(26(30)22-27(25)31)16-11-14-20-34-23-28(32)35-21-13-10-8-5-2/h3,15,17,24-25,27,31,33H,4-5,7-14,16,18-23H2,1-2H3/t24-,25-,27-,29?/m1/s1. The van der Waals surface area contributed by atoms with Gasteiger partial charge in [0.05, 0.1) is 12.7 Å². The van der Waals surface area contributed by atoms with Crippen molar-refractivity contribution in [2.45, 2.75) is 115 Å². The lowest BCUT2D eigenvalue weighted by molar-refractivity contribution is -0.149. The molecule has 1 unspecified atom stereocenters. The normalized spacial score (nSPS) is 21.8. The van der Waals surface area contributed by atoms with Crippen LogP contribution in [0.4, 0.5) is 0 Å². The molecule has 0 radical (unpaired) electrons. The van der Waals surface area contributed by atoms with Gasteiger partial charge < -0.3 is 19.7 Å². The predicted molar refractivity (Wildman–Crippen MR) is 139 cm³/mol. The van der Waals surface area contributed by atoms with Crippen molar-refractivity contribution in [2.75, 3.05) is 19.8 Å². The number of hydrogen-bond acceptors (Lipinski definition) is 6. The minimum absolute atomic E-state index is 0.0449. The average molecular weight is 493 g/mol. The topological polar surface area (TPSA) is 93.1 Å². The van der Waals surface area contributed by atoms with E-state index in [-0.39, 0.29) is 36.6 Å². The summed E-state index contributed by atoms with van der Waals surface area (Å²) in [5, 5.41) is 21.0. The van der Waals surface area contributed by atoms with Crippen LogP contribution < -0.4 is 0 Å². The van der Waals surface area contributed by atoms with Gasteiger partial charge in [-0.25, -0.2) is 4.79 Å². The van der Waals surface area contributed by atoms with E-state index in [1.807, 2.05) is 12.2 Å². The number of ether oxygens (including phenoxy) is 2. The number of esters is 1. The molecule has 1 rings (SSSR count). The van der Waals surface area contributed by atoms with E-state index in [4.69, 9.17) is 15.9 Å². The van der Waals surface area contributed by atoms with Crippen molar-refractivity contribution < 1.29 is 29.3 Å². The van der Waals surface area contributed by atoms with Gasteiger partial charge in [-0.1, -0.05) is 76.9 Å². The van der Waals surface area contributed by atoms with Crippen molar-refractivity contribution >= 4 is 11.8 Å². The third kappa shape index (κ3) is 13.3. The third-order valence-corrected chi connectivity index (χ3v) is 6.79. The molecule has 0 aromatic carbocycles. The molecule has 0 amide bonds. The minimum atomic E-state index is -1.18. The Morgan fingerprint density at radius 1 is 1.09 bits per heavy atom. The summed E-state index contributed by atoms with van der Waals surface area (Å²) in [6, 6.07) is 0. The quantitative estimate of drug-likeness (QED) is 0.106. The molecule has 0 aromatic heterocycles. The zero-order valence-electron chi connectivity index (χ0n) is 22.0. The summed E-state index contributed by atoms with van der Waals surface area (Å²) in [7, 11) is 0. The molecule has 6 nitrogen and oxygen atoms in total. The zero-order chi connectivity index (χ0) is 25.9. The molecule has 1 saturated carbocycles. The van der Waals surface area contributed by atoms with Gasteiger partial charge in [-0.2, -0.15) is 0 Å². The number of rotatable bonds is 20. The van der Waals surface area contributed by atoms with Gasteiger partial charge in [-0.05, 0) is 32.1 Å². The summed E-state index contributed by atoms with van der Waals surface area (Å²) in [4.78, 5) is 24.1. The van der Waals surface area contributed by atoms with Crippen LogP contribution in [-0.2, 0) is 19.1 Å². The Morgan fingerprint density at radius 3 is 2.46 bits per heavy atom. The first-order valence-corrected chi connectivity index (χ1v) is 13.7. The molecule has 0 heterocycles. The second-order valence-electron chi connectivity index (χ2n) is 9.87. The number of terminal acetylenes is 1. The molecule has 4 atom stereocenters. The van der Waals surface area contributed by atoms with Crippen molar-refractivity contribution in [3.05, 3.63) is 12.2 Å². The number of hydrogen-bond donors (Lipinski definition) is 2. The molecule has 0 aromatic rings. The lowest BCUT2D eigenvalue weighted by Crippen LogP contribution is -2.26. The van der Waals surface area contributed by atoms with E-state index in [1.165, 1.54) is 0 Å². The van der Waals surface area contributed by atoms with Crippen LogP contribution in [0.5, 0.6) is 0 Å². The maximum atomic E-state index is 12.4. The Bertz CT molecular complexity index is 667. The summed E-state index contributed by atoms with van der Waals surface area (Å²) in [5.74, 6) is 1.77. The Hall–Kier alpha value is -1.68. The van der Waals surface area contributed by atoms with Crippen LogP contribution in [0.15, 0.2) is 12.2 Å². The molecular formula is C29H48O6. The molecule has 0 aliphatic heterocycles. The van der Waals surface area contributed by atoms with Crippen LogP contribution in [0.2, 0.25) is 0 Å². The van der Waals surface area contributed by atoms with Crippen molar-refractivity contribution in [1.29, 1.82) is 0 Å². The van der Waals surface area contributed by atoms with Gasteiger partial charge in [-0.15, -0.1) is 6.42 Å². The number of carbonyl (C=O) groups is 2. The number of Topliss-reactive ketones (excluding diaryl/α,β-unsaturated/α-hetero) is 1. The number of aliphatic hydroxyl groups is 2. The second-order valence-corrected chi connectivity index (χ2v) is 9.87. The maximum absolute atomic E-state index is 12.4. The summed E-state index contributed by atoms with van der Waals surface area (Å²) in [6.07, 6.45) is 20.2. The average Bonchev–Trinajstić information content (AvgIpc) is 3.11. The SMILES string of the molecule is C#CC(O)(CC=C[C@H]1[C@H](O)CC(=O)[C@@H]1CCCCOCC(=O)OCCCCCC)CCCCCC. The van der Waals surface area contributed by atoms with E-state index >= 15 is 0 Å². The largest absolute Gasteiger partial charge is 0.464 e. The zero-order valence-corrected chi connectivity index (χ0v) is 22.0. The first kappa shape index (κ1) is 31.4. The molecule has 1 aliphatic carbocycles. The molecule has 1 aliphatic rings. The highest BCUT2D eigenvalue weighted by atomic mass is 16.6. The van der Waals surface area contributed by atoms with Gasteiger partial charge in [0.15, 0.2) is 0 Å². The molecular weight excluding hydrogens is 444 g/mol. The Kier molecular flexibility index (Phi) is 16.6.